The van der Waals surface area contributed by atoms with Gasteiger partial charge in [0.1, 0.15) is 0 Å². The Morgan fingerprint density at radius 2 is 1.67 bits per heavy atom. The highest BCUT2D eigenvalue weighted by Gasteiger charge is 2.17. The van der Waals surface area contributed by atoms with Crippen LogP contribution in [0.3, 0.4) is 0 Å². The summed E-state index contributed by atoms with van der Waals surface area (Å²) in [4.78, 5) is 16.7. The van der Waals surface area contributed by atoms with Crippen LogP contribution in [0.5, 0.6) is 0 Å². The summed E-state index contributed by atoms with van der Waals surface area (Å²) in [6.07, 6.45) is 3.16. The Bertz CT molecular complexity index is 733. The van der Waals surface area contributed by atoms with Gasteiger partial charge in [0.15, 0.2) is 0 Å². The second-order valence-electron chi connectivity index (χ2n) is 6.49. The molecular weight excluding hydrogens is 350 g/mol. The van der Waals surface area contributed by atoms with Crippen molar-refractivity contribution >= 4 is 16.7 Å². The molecule has 0 bridgehead atoms. The number of benzene rings is 2. The molecule has 7 nitrogen and oxygen atoms in total. The number of nitrogens with zero attached hydrogens (tertiary/aromatic N) is 1. The van der Waals surface area contributed by atoms with Crippen molar-refractivity contribution in [2.24, 2.45) is 0 Å². The molecule has 0 saturated heterocycles. The van der Waals surface area contributed by atoms with E-state index in [-0.39, 0.29) is 30.5 Å². The molecule has 2 aromatic rings. The summed E-state index contributed by atoms with van der Waals surface area (Å²) in [6.45, 7) is 2.43. The predicted octanol–water partition coefficient (Wildman–Crippen LogP) is 3.55. The number of esters is 1. The van der Waals surface area contributed by atoms with Crippen molar-refractivity contribution in [3.63, 3.8) is 0 Å². The minimum absolute atomic E-state index is 0.00869. The summed E-state index contributed by atoms with van der Waals surface area (Å²) in [5, 5.41) is 27.7. The molecule has 3 N–H and O–H groups in total. The summed E-state index contributed by atoms with van der Waals surface area (Å²) in [5.41, 5.74) is 1.76. The van der Waals surface area contributed by atoms with E-state index in [4.69, 9.17) is 15.2 Å². The van der Waals surface area contributed by atoms with Crippen LogP contribution in [0.15, 0.2) is 36.4 Å². The zero-order valence-corrected chi connectivity index (χ0v) is 15.5. The fraction of sp³-hybridized carbons (Fsp3) is 0.450. The second kappa shape index (κ2) is 11.0. The lowest BCUT2D eigenvalue weighted by Gasteiger charge is -2.13. The predicted molar refractivity (Wildman–Crippen MR) is 99.1 cm³/mol. The lowest BCUT2D eigenvalue weighted by molar-refractivity contribution is -0.492. The molecular formula is C20H27NO6. The van der Waals surface area contributed by atoms with Crippen LogP contribution in [0, 0.1) is 0 Å². The number of rotatable bonds is 11. The molecule has 7 heteroatoms. The molecule has 0 radical (unpaired) electrons. The maximum absolute atomic E-state index is 12.3. The van der Waals surface area contributed by atoms with Crippen molar-refractivity contribution in [3.8, 4) is 0 Å². The van der Waals surface area contributed by atoms with Gasteiger partial charge in [-0.2, -0.15) is 0 Å². The Balaban J connectivity index is 1.75. The molecule has 1 atom stereocenters. The topological polar surface area (TPSA) is 99.5 Å². The van der Waals surface area contributed by atoms with E-state index in [0.717, 1.165) is 41.2 Å². The van der Waals surface area contributed by atoms with E-state index in [2.05, 4.69) is 4.84 Å². The molecule has 0 fully saturated rings. The van der Waals surface area contributed by atoms with Crippen LogP contribution in [0.2, 0.25) is 0 Å². The summed E-state index contributed by atoms with van der Waals surface area (Å²) < 4.78 is 5.36. The third kappa shape index (κ3) is 6.89. The van der Waals surface area contributed by atoms with Crippen molar-refractivity contribution < 1.29 is 29.9 Å². The first kappa shape index (κ1) is 21.3. The van der Waals surface area contributed by atoms with Gasteiger partial charge in [-0.05, 0) is 54.2 Å². The average molecular weight is 377 g/mol. The van der Waals surface area contributed by atoms with Crippen molar-refractivity contribution in [1.82, 2.24) is 5.39 Å². The molecule has 0 amide bonds. The standard InChI is InChI=1S/C20H27NO6/c1-15(20(23)26-10-4-2-3-5-11-27-21(24)25)17-8-9-18-12-16(14-22)6-7-19(18)13-17/h6-9,12-13,15,22,24-25H,2-5,10-11,14H2,1H3/t15-/m0/s1. The Kier molecular flexibility index (Phi) is 8.63. The highest BCUT2D eigenvalue weighted by Crippen LogP contribution is 2.24. The molecule has 148 valence electrons. The van der Waals surface area contributed by atoms with E-state index >= 15 is 0 Å². The van der Waals surface area contributed by atoms with Gasteiger partial charge in [0.05, 0.1) is 31.1 Å². The van der Waals surface area contributed by atoms with Gasteiger partial charge in [0.2, 0.25) is 0 Å². The molecule has 0 saturated carbocycles. The van der Waals surface area contributed by atoms with Crippen molar-refractivity contribution in [2.45, 2.75) is 45.1 Å². The SMILES string of the molecule is C[C@H](C(=O)OCCCCCCON(O)O)c1ccc2cc(CO)ccc2c1. The van der Waals surface area contributed by atoms with Gasteiger partial charge < -0.3 is 9.84 Å². The number of aliphatic hydroxyl groups excluding tert-OH is 1. The summed E-state index contributed by atoms with van der Waals surface area (Å²) in [5.74, 6) is -0.596. The molecule has 0 aliphatic rings. The van der Waals surface area contributed by atoms with Gasteiger partial charge >= 0.3 is 5.97 Å². The first-order chi connectivity index (χ1) is 13.0. The quantitative estimate of drug-likeness (QED) is 0.313. The molecule has 27 heavy (non-hydrogen) atoms. The van der Waals surface area contributed by atoms with E-state index in [1.54, 1.807) is 0 Å². The smallest absolute Gasteiger partial charge is 0.313 e. The Morgan fingerprint density at radius 3 is 2.37 bits per heavy atom. The van der Waals surface area contributed by atoms with Crippen LogP contribution in [-0.4, -0.2) is 40.1 Å². The maximum Gasteiger partial charge on any atom is 0.313 e. The number of carbonyl (C=O) groups excluding carboxylic acids is 1. The fourth-order valence-corrected chi connectivity index (χ4v) is 2.82. The number of unbranched alkanes of at least 4 members (excludes halogenated alkanes) is 3. The third-order valence-electron chi connectivity index (χ3n) is 4.45. The third-order valence-corrected chi connectivity index (χ3v) is 4.45. The second-order valence-corrected chi connectivity index (χ2v) is 6.49. The molecule has 2 aromatic carbocycles. The molecule has 0 aliphatic heterocycles. The molecule has 2 rings (SSSR count). The van der Waals surface area contributed by atoms with Crippen molar-refractivity contribution in [1.29, 1.82) is 0 Å². The number of hydrogen-bond acceptors (Lipinski definition) is 7. The first-order valence-corrected chi connectivity index (χ1v) is 9.12. The van der Waals surface area contributed by atoms with Crippen molar-refractivity contribution in [3.05, 3.63) is 47.5 Å². The lowest BCUT2D eigenvalue weighted by atomic mass is 9.97. The van der Waals surface area contributed by atoms with Gasteiger partial charge in [-0.1, -0.05) is 36.8 Å². The fourth-order valence-electron chi connectivity index (χ4n) is 2.82. The number of hydrogen-bond donors (Lipinski definition) is 3. The molecule has 0 aromatic heterocycles. The Hall–Kier alpha value is -2.03. The lowest BCUT2D eigenvalue weighted by Crippen LogP contribution is -2.15. The van der Waals surface area contributed by atoms with E-state index < -0.39 is 0 Å². The Morgan fingerprint density at radius 1 is 1.00 bits per heavy atom. The molecule has 0 aliphatic carbocycles. The minimum Gasteiger partial charge on any atom is -0.465 e. The first-order valence-electron chi connectivity index (χ1n) is 9.12. The van der Waals surface area contributed by atoms with E-state index in [1.807, 2.05) is 43.3 Å². The largest absolute Gasteiger partial charge is 0.465 e. The van der Waals surface area contributed by atoms with Gasteiger partial charge in [-0.25, -0.2) is 0 Å². The van der Waals surface area contributed by atoms with E-state index in [0.29, 0.717) is 13.0 Å². The number of ether oxygens (including phenoxy) is 1. The maximum atomic E-state index is 12.3. The summed E-state index contributed by atoms with van der Waals surface area (Å²) in [7, 11) is 0. The van der Waals surface area contributed by atoms with Gasteiger partial charge in [-0.3, -0.25) is 20.0 Å². The highest BCUT2D eigenvalue weighted by molar-refractivity contribution is 5.86. The van der Waals surface area contributed by atoms with Crippen LogP contribution in [0.1, 0.15) is 49.7 Å². The number of carbonyl (C=O) groups is 1. The van der Waals surface area contributed by atoms with Crippen LogP contribution >= 0.6 is 0 Å². The van der Waals surface area contributed by atoms with Crippen molar-refractivity contribution in [2.75, 3.05) is 13.2 Å². The normalized spacial score (nSPS) is 12.5. The number of aliphatic hydroxyl groups is 1. The summed E-state index contributed by atoms with van der Waals surface area (Å²) in [6, 6.07) is 11.6. The molecule has 0 heterocycles. The van der Waals surface area contributed by atoms with Crippen LogP contribution < -0.4 is 0 Å². The monoisotopic (exact) mass is 377 g/mol. The van der Waals surface area contributed by atoms with E-state index in [9.17, 15) is 9.90 Å². The van der Waals surface area contributed by atoms with Crippen LogP contribution in [-0.2, 0) is 21.0 Å². The zero-order chi connectivity index (χ0) is 19.6. The molecule has 0 spiro atoms. The van der Waals surface area contributed by atoms with Gasteiger partial charge in [0, 0.05) is 0 Å². The Labute approximate surface area is 158 Å². The average Bonchev–Trinajstić information content (AvgIpc) is 2.68. The van der Waals surface area contributed by atoms with E-state index in [1.165, 1.54) is 0 Å². The summed E-state index contributed by atoms with van der Waals surface area (Å²) >= 11 is 0. The zero-order valence-electron chi connectivity index (χ0n) is 15.5. The van der Waals surface area contributed by atoms with Gasteiger partial charge in [0.25, 0.3) is 0 Å². The highest BCUT2D eigenvalue weighted by atomic mass is 17.1. The van der Waals surface area contributed by atoms with Gasteiger partial charge in [-0.15, -0.1) is 0 Å². The minimum atomic E-state index is -0.347. The van der Waals surface area contributed by atoms with Crippen LogP contribution in [0.25, 0.3) is 10.8 Å². The number of fused-ring (bicyclic) bond motifs is 1. The van der Waals surface area contributed by atoms with Crippen LogP contribution in [0.4, 0.5) is 0 Å². The molecule has 0 unspecified atom stereocenters.